The van der Waals surface area contributed by atoms with E-state index < -0.39 is 41.0 Å². The largest absolute Gasteiger partial charge is 0.416 e. The first-order valence-electron chi connectivity index (χ1n) is 11.4. The van der Waals surface area contributed by atoms with E-state index in [0.717, 1.165) is 30.3 Å². The predicted molar refractivity (Wildman–Crippen MR) is 124 cm³/mol. The molecule has 1 heterocycles. The van der Waals surface area contributed by atoms with Gasteiger partial charge in [-0.1, -0.05) is 24.3 Å². The van der Waals surface area contributed by atoms with Crippen LogP contribution in [0.3, 0.4) is 0 Å². The molecular weight excluding hydrogens is 478 g/mol. The minimum atomic E-state index is -4.48. The van der Waals surface area contributed by atoms with Crippen LogP contribution in [-0.2, 0) is 6.18 Å². The molecule has 0 spiro atoms. The van der Waals surface area contributed by atoms with Gasteiger partial charge in [0.15, 0.2) is 0 Å². The number of halogens is 6. The predicted octanol–water partition coefficient (Wildman–Crippen LogP) is 7.41. The molecule has 0 bridgehead atoms. The molecule has 0 N–H and O–H groups in total. The maximum absolute atomic E-state index is 15.3. The maximum atomic E-state index is 15.3. The zero-order valence-electron chi connectivity index (χ0n) is 19.7. The Kier molecular flexibility index (Phi) is 6.89. The first kappa shape index (κ1) is 25.8. The van der Waals surface area contributed by atoms with E-state index >= 15 is 4.39 Å². The molecule has 0 radical (unpaired) electrons. The molecule has 2 atom stereocenters. The standard InChI is InChI=1S/C28H24F6N2/c1-27(2,31)25(20-11-23(29)13-24(30)12-20)21-15-36(16-21)26(19-5-3-4-17(10-19)14-35)18-6-8-22(9-7-18)28(32,33)34/h3-13,21,25-26H,15-16H2,1-2H3/t25-,26?/m1/s1. The van der Waals surface area contributed by atoms with Crippen molar-refractivity contribution in [3.63, 3.8) is 0 Å². The molecule has 3 aromatic rings. The average molecular weight is 503 g/mol. The van der Waals surface area contributed by atoms with Crippen molar-refractivity contribution in [1.82, 2.24) is 4.90 Å². The molecule has 0 aliphatic carbocycles. The quantitative estimate of drug-likeness (QED) is 0.328. The van der Waals surface area contributed by atoms with Gasteiger partial charge in [0.05, 0.1) is 23.2 Å². The molecule has 188 valence electrons. The number of nitriles is 1. The fraction of sp³-hybridized carbons (Fsp3) is 0.321. The van der Waals surface area contributed by atoms with Crippen molar-refractivity contribution >= 4 is 0 Å². The van der Waals surface area contributed by atoms with Crippen molar-refractivity contribution in [1.29, 1.82) is 5.26 Å². The summed E-state index contributed by atoms with van der Waals surface area (Å²) in [5.41, 5.74) is -0.627. The third-order valence-electron chi connectivity index (χ3n) is 6.64. The van der Waals surface area contributed by atoms with E-state index in [9.17, 15) is 27.2 Å². The Morgan fingerprint density at radius 1 is 0.833 bits per heavy atom. The van der Waals surface area contributed by atoms with Crippen molar-refractivity contribution in [2.45, 2.75) is 37.7 Å². The lowest BCUT2D eigenvalue weighted by Gasteiger charge is -2.50. The molecule has 0 saturated carbocycles. The summed E-state index contributed by atoms with van der Waals surface area (Å²) in [5.74, 6) is -2.65. The van der Waals surface area contributed by atoms with Crippen molar-refractivity contribution < 1.29 is 26.3 Å². The molecular formula is C28H24F6N2. The van der Waals surface area contributed by atoms with Crippen LogP contribution in [0.25, 0.3) is 0 Å². The Hall–Kier alpha value is -3.31. The lowest BCUT2D eigenvalue weighted by molar-refractivity contribution is -0.137. The van der Waals surface area contributed by atoms with Crippen LogP contribution in [-0.4, -0.2) is 23.7 Å². The summed E-state index contributed by atoms with van der Waals surface area (Å²) in [7, 11) is 0. The highest BCUT2D eigenvalue weighted by atomic mass is 19.4. The highest BCUT2D eigenvalue weighted by Gasteiger charge is 2.45. The molecule has 3 aromatic carbocycles. The van der Waals surface area contributed by atoms with Gasteiger partial charge in [-0.25, -0.2) is 13.2 Å². The smallest absolute Gasteiger partial charge is 0.292 e. The Labute approximate surface area is 205 Å². The summed E-state index contributed by atoms with van der Waals surface area (Å²) in [5, 5.41) is 9.33. The van der Waals surface area contributed by atoms with E-state index in [2.05, 4.69) is 6.07 Å². The molecule has 36 heavy (non-hydrogen) atoms. The summed E-state index contributed by atoms with van der Waals surface area (Å²) in [6.45, 7) is 3.43. The first-order valence-corrected chi connectivity index (χ1v) is 11.4. The number of hydrogen-bond donors (Lipinski definition) is 0. The molecule has 1 unspecified atom stereocenters. The molecule has 1 aliphatic heterocycles. The van der Waals surface area contributed by atoms with Crippen LogP contribution in [0.4, 0.5) is 26.3 Å². The van der Waals surface area contributed by atoms with Gasteiger partial charge < -0.3 is 0 Å². The number of nitrogens with zero attached hydrogens (tertiary/aromatic N) is 2. The molecule has 0 aromatic heterocycles. The Balaban J connectivity index is 1.67. The molecule has 1 saturated heterocycles. The van der Waals surface area contributed by atoms with Gasteiger partial charge in [-0.3, -0.25) is 4.90 Å². The maximum Gasteiger partial charge on any atom is 0.416 e. The van der Waals surface area contributed by atoms with Crippen LogP contribution in [0.1, 0.15) is 53.6 Å². The van der Waals surface area contributed by atoms with E-state index in [1.807, 2.05) is 4.90 Å². The third-order valence-corrected chi connectivity index (χ3v) is 6.64. The minimum absolute atomic E-state index is 0.224. The highest BCUT2D eigenvalue weighted by molar-refractivity contribution is 5.40. The normalized spacial score (nSPS) is 16.8. The number of rotatable bonds is 6. The minimum Gasteiger partial charge on any atom is -0.292 e. The monoisotopic (exact) mass is 502 g/mol. The van der Waals surface area contributed by atoms with Gasteiger partial charge in [0.25, 0.3) is 0 Å². The molecule has 4 rings (SSSR count). The van der Waals surface area contributed by atoms with E-state index in [4.69, 9.17) is 0 Å². The number of alkyl halides is 4. The highest BCUT2D eigenvalue weighted by Crippen LogP contribution is 2.46. The molecule has 0 amide bonds. The number of likely N-dealkylation sites (tertiary alicyclic amines) is 1. The van der Waals surface area contributed by atoms with E-state index in [0.29, 0.717) is 29.8 Å². The van der Waals surface area contributed by atoms with E-state index in [-0.39, 0.29) is 11.5 Å². The summed E-state index contributed by atoms with van der Waals surface area (Å²) >= 11 is 0. The van der Waals surface area contributed by atoms with Crippen LogP contribution >= 0.6 is 0 Å². The SMILES string of the molecule is CC(C)(F)[C@H](c1cc(F)cc(F)c1)C1CN(C(c2ccc(C(F)(F)F)cc2)c2cccc(C#N)c2)C1. The van der Waals surface area contributed by atoms with Crippen molar-refractivity contribution in [2.24, 2.45) is 5.92 Å². The van der Waals surface area contributed by atoms with Crippen molar-refractivity contribution in [3.8, 4) is 6.07 Å². The summed E-state index contributed by atoms with van der Waals surface area (Å²) in [4.78, 5) is 1.97. The van der Waals surface area contributed by atoms with Gasteiger partial charge in [-0.15, -0.1) is 0 Å². The van der Waals surface area contributed by atoms with Crippen LogP contribution in [0.15, 0.2) is 66.7 Å². The lowest BCUT2D eigenvalue weighted by atomic mass is 9.72. The van der Waals surface area contributed by atoms with Gasteiger partial charge in [0.2, 0.25) is 0 Å². The average Bonchev–Trinajstić information content (AvgIpc) is 2.76. The molecule has 1 fully saturated rings. The fourth-order valence-corrected chi connectivity index (χ4v) is 5.20. The molecule has 8 heteroatoms. The third kappa shape index (κ3) is 5.41. The zero-order valence-corrected chi connectivity index (χ0v) is 19.7. The van der Waals surface area contributed by atoms with E-state index in [1.165, 1.54) is 26.0 Å². The van der Waals surface area contributed by atoms with Crippen LogP contribution in [0.2, 0.25) is 0 Å². The van der Waals surface area contributed by atoms with Crippen LogP contribution in [0, 0.1) is 28.9 Å². The number of hydrogen-bond acceptors (Lipinski definition) is 2. The Bertz CT molecular complexity index is 1240. The second-order valence-electron chi connectivity index (χ2n) is 9.72. The molecule has 1 aliphatic rings. The van der Waals surface area contributed by atoms with Gasteiger partial charge in [0.1, 0.15) is 17.3 Å². The topological polar surface area (TPSA) is 27.0 Å². The van der Waals surface area contributed by atoms with Crippen molar-refractivity contribution in [2.75, 3.05) is 13.1 Å². The van der Waals surface area contributed by atoms with Gasteiger partial charge in [0, 0.05) is 25.1 Å². The second-order valence-corrected chi connectivity index (χ2v) is 9.72. The van der Waals surface area contributed by atoms with Gasteiger partial charge in [-0.05, 0) is 72.9 Å². The fourth-order valence-electron chi connectivity index (χ4n) is 5.20. The molecule has 2 nitrogen and oxygen atoms in total. The Morgan fingerprint density at radius 2 is 1.44 bits per heavy atom. The summed E-state index contributed by atoms with van der Waals surface area (Å²) in [6, 6.07) is 16.2. The second kappa shape index (κ2) is 9.62. The summed E-state index contributed by atoms with van der Waals surface area (Å²) in [6.07, 6.45) is -4.48. The van der Waals surface area contributed by atoms with Crippen LogP contribution in [0.5, 0.6) is 0 Å². The lowest BCUT2D eigenvalue weighted by Crippen LogP contribution is -2.53. The van der Waals surface area contributed by atoms with Gasteiger partial charge in [-0.2, -0.15) is 18.4 Å². The number of benzene rings is 3. The Morgan fingerprint density at radius 3 is 1.97 bits per heavy atom. The zero-order chi connectivity index (χ0) is 26.3. The van der Waals surface area contributed by atoms with E-state index in [1.54, 1.807) is 24.3 Å². The summed E-state index contributed by atoms with van der Waals surface area (Å²) < 4.78 is 82.5. The first-order chi connectivity index (χ1) is 16.9. The van der Waals surface area contributed by atoms with Crippen LogP contribution < -0.4 is 0 Å². The van der Waals surface area contributed by atoms with Crippen molar-refractivity contribution in [3.05, 3.63) is 106 Å². The van der Waals surface area contributed by atoms with Gasteiger partial charge >= 0.3 is 6.18 Å².